The van der Waals surface area contributed by atoms with Crippen LogP contribution < -0.4 is 0 Å². The molecule has 0 amide bonds. The van der Waals surface area contributed by atoms with Crippen molar-refractivity contribution in [3.05, 3.63) is 0 Å². The summed E-state index contributed by atoms with van der Waals surface area (Å²) in [4.78, 5) is 4.23. The number of rotatable bonds is 6. The minimum absolute atomic E-state index is 0.742. The van der Waals surface area contributed by atoms with Gasteiger partial charge in [-0.2, -0.15) is 11.8 Å². The van der Waals surface area contributed by atoms with Crippen LogP contribution in [0.1, 0.15) is 39.0 Å². The summed E-state index contributed by atoms with van der Waals surface area (Å²) in [6, 6.07) is 0. The van der Waals surface area contributed by atoms with Crippen molar-refractivity contribution in [2.24, 2.45) is 4.99 Å². The maximum atomic E-state index is 4.23. The number of hydrogen-bond donors (Lipinski definition) is 0. The lowest BCUT2D eigenvalue weighted by Gasteiger charge is -2.04. The predicted octanol–water partition coefficient (Wildman–Crippen LogP) is 3.14. The number of hydrogen-bond acceptors (Lipinski definition) is 2. The van der Waals surface area contributed by atoms with E-state index >= 15 is 0 Å². The Kier molecular flexibility index (Phi) is 5.50. The van der Waals surface area contributed by atoms with E-state index in [1.807, 2.05) is 0 Å². The standard InChI is InChI=1S/C10H19NS/c1-2-3-4-5-8-12-10-6-7-11-9-10/h9-10H,2-8H2,1H3. The van der Waals surface area contributed by atoms with Gasteiger partial charge in [0.2, 0.25) is 0 Å². The van der Waals surface area contributed by atoms with Crippen molar-refractivity contribution in [3.8, 4) is 0 Å². The topological polar surface area (TPSA) is 12.4 Å². The Balaban J connectivity index is 1.85. The molecular formula is C10H19NS. The van der Waals surface area contributed by atoms with Crippen LogP contribution in [-0.4, -0.2) is 23.8 Å². The van der Waals surface area contributed by atoms with Gasteiger partial charge in [-0.25, -0.2) is 0 Å². The summed E-state index contributed by atoms with van der Waals surface area (Å²) in [5, 5.41) is 0.742. The van der Waals surface area contributed by atoms with Crippen molar-refractivity contribution in [1.29, 1.82) is 0 Å². The van der Waals surface area contributed by atoms with Gasteiger partial charge in [0.15, 0.2) is 0 Å². The molecule has 0 radical (unpaired) electrons. The zero-order valence-electron chi connectivity index (χ0n) is 7.96. The van der Waals surface area contributed by atoms with Gasteiger partial charge in [-0.05, 0) is 18.6 Å². The second kappa shape index (κ2) is 6.53. The largest absolute Gasteiger partial charge is 0.296 e. The van der Waals surface area contributed by atoms with Crippen molar-refractivity contribution in [3.63, 3.8) is 0 Å². The normalized spacial score (nSPS) is 21.9. The first kappa shape index (κ1) is 10.1. The first-order valence-corrected chi connectivity index (χ1v) is 6.10. The lowest BCUT2D eigenvalue weighted by molar-refractivity contribution is 0.706. The number of unbranched alkanes of at least 4 members (excludes halogenated alkanes) is 3. The van der Waals surface area contributed by atoms with Crippen LogP contribution >= 0.6 is 11.8 Å². The van der Waals surface area contributed by atoms with Crippen LogP contribution in [0.25, 0.3) is 0 Å². The first-order valence-electron chi connectivity index (χ1n) is 5.05. The van der Waals surface area contributed by atoms with E-state index in [0.717, 1.165) is 11.8 Å². The molecule has 1 nitrogen and oxygen atoms in total. The molecule has 1 heterocycles. The molecular weight excluding hydrogens is 166 g/mol. The third-order valence-corrected chi connectivity index (χ3v) is 3.45. The van der Waals surface area contributed by atoms with E-state index in [1.165, 1.54) is 37.9 Å². The molecule has 2 heteroatoms. The highest BCUT2D eigenvalue weighted by Crippen LogP contribution is 2.18. The van der Waals surface area contributed by atoms with Gasteiger partial charge >= 0.3 is 0 Å². The summed E-state index contributed by atoms with van der Waals surface area (Å²) >= 11 is 2.09. The second-order valence-electron chi connectivity index (χ2n) is 3.31. The number of nitrogens with zero attached hydrogens (tertiary/aromatic N) is 1. The van der Waals surface area contributed by atoms with Crippen LogP contribution in [0.15, 0.2) is 4.99 Å². The molecule has 0 bridgehead atoms. The smallest absolute Gasteiger partial charge is 0.0413 e. The molecule has 1 rings (SSSR count). The van der Waals surface area contributed by atoms with E-state index in [1.54, 1.807) is 0 Å². The highest BCUT2D eigenvalue weighted by atomic mass is 32.2. The van der Waals surface area contributed by atoms with Gasteiger partial charge in [-0.1, -0.05) is 26.2 Å². The van der Waals surface area contributed by atoms with Crippen molar-refractivity contribution < 1.29 is 0 Å². The Morgan fingerprint density at radius 1 is 1.42 bits per heavy atom. The Morgan fingerprint density at radius 2 is 2.33 bits per heavy atom. The van der Waals surface area contributed by atoms with E-state index in [2.05, 4.69) is 29.9 Å². The van der Waals surface area contributed by atoms with E-state index in [4.69, 9.17) is 0 Å². The Morgan fingerprint density at radius 3 is 3.00 bits per heavy atom. The molecule has 0 N–H and O–H groups in total. The van der Waals surface area contributed by atoms with Gasteiger partial charge in [0.25, 0.3) is 0 Å². The molecule has 0 spiro atoms. The molecule has 12 heavy (non-hydrogen) atoms. The predicted molar refractivity (Wildman–Crippen MR) is 58.4 cm³/mol. The summed E-state index contributed by atoms with van der Waals surface area (Å²) in [7, 11) is 0. The summed E-state index contributed by atoms with van der Waals surface area (Å²) in [5.74, 6) is 1.33. The number of aliphatic imine (C=N–C) groups is 1. The fraction of sp³-hybridized carbons (Fsp3) is 0.900. The third-order valence-electron chi connectivity index (χ3n) is 2.14. The van der Waals surface area contributed by atoms with Crippen molar-refractivity contribution in [2.75, 3.05) is 12.3 Å². The summed E-state index contributed by atoms with van der Waals surface area (Å²) in [6.07, 6.45) is 8.95. The fourth-order valence-corrected chi connectivity index (χ4v) is 2.48. The molecule has 1 unspecified atom stereocenters. The SMILES string of the molecule is CCCCCCSC1C=NCC1. The van der Waals surface area contributed by atoms with Gasteiger partial charge in [-0.15, -0.1) is 0 Å². The van der Waals surface area contributed by atoms with Gasteiger partial charge in [0.1, 0.15) is 0 Å². The van der Waals surface area contributed by atoms with E-state index in [-0.39, 0.29) is 0 Å². The highest BCUT2D eigenvalue weighted by Gasteiger charge is 2.09. The van der Waals surface area contributed by atoms with E-state index in [9.17, 15) is 0 Å². The molecule has 0 saturated carbocycles. The zero-order chi connectivity index (χ0) is 8.65. The van der Waals surface area contributed by atoms with Gasteiger partial charge in [0.05, 0.1) is 0 Å². The first-order chi connectivity index (χ1) is 5.93. The molecule has 0 aromatic heterocycles. The Bertz CT molecular complexity index is 134. The van der Waals surface area contributed by atoms with E-state index < -0.39 is 0 Å². The molecule has 0 aliphatic carbocycles. The second-order valence-corrected chi connectivity index (χ2v) is 4.66. The molecule has 1 aliphatic heterocycles. The Hall–Kier alpha value is 0.0200. The Labute approximate surface area is 80.0 Å². The van der Waals surface area contributed by atoms with Crippen LogP contribution in [0, 0.1) is 0 Å². The van der Waals surface area contributed by atoms with Crippen LogP contribution in [0.2, 0.25) is 0 Å². The molecule has 70 valence electrons. The monoisotopic (exact) mass is 185 g/mol. The van der Waals surface area contributed by atoms with E-state index in [0.29, 0.717) is 0 Å². The maximum absolute atomic E-state index is 4.23. The minimum atomic E-state index is 0.742. The molecule has 0 aromatic rings. The van der Waals surface area contributed by atoms with Gasteiger partial charge in [-0.3, -0.25) is 4.99 Å². The van der Waals surface area contributed by atoms with Gasteiger partial charge in [0, 0.05) is 18.0 Å². The molecule has 0 fully saturated rings. The fourth-order valence-electron chi connectivity index (χ4n) is 1.36. The molecule has 1 atom stereocenters. The summed E-state index contributed by atoms with van der Waals surface area (Å²) < 4.78 is 0. The molecule has 0 saturated heterocycles. The molecule has 1 aliphatic rings. The average Bonchev–Trinajstić information content (AvgIpc) is 2.57. The quantitative estimate of drug-likeness (QED) is 0.579. The van der Waals surface area contributed by atoms with Crippen LogP contribution in [0.5, 0.6) is 0 Å². The van der Waals surface area contributed by atoms with Crippen molar-refractivity contribution in [1.82, 2.24) is 0 Å². The highest BCUT2D eigenvalue weighted by molar-refractivity contribution is 8.00. The number of thioether (sulfide) groups is 1. The third kappa shape index (κ3) is 4.15. The maximum Gasteiger partial charge on any atom is 0.0413 e. The lowest BCUT2D eigenvalue weighted by atomic mass is 10.2. The van der Waals surface area contributed by atoms with Crippen molar-refractivity contribution >= 4 is 18.0 Å². The van der Waals surface area contributed by atoms with Gasteiger partial charge < -0.3 is 0 Å². The van der Waals surface area contributed by atoms with Crippen LogP contribution in [0.4, 0.5) is 0 Å². The lowest BCUT2D eigenvalue weighted by Crippen LogP contribution is -1.99. The van der Waals surface area contributed by atoms with Crippen molar-refractivity contribution in [2.45, 2.75) is 44.3 Å². The minimum Gasteiger partial charge on any atom is -0.296 e. The summed E-state index contributed by atoms with van der Waals surface area (Å²) in [5.41, 5.74) is 0. The average molecular weight is 185 g/mol. The summed E-state index contributed by atoms with van der Waals surface area (Å²) in [6.45, 7) is 3.32. The molecule has 0 aromatic carbocycles. The zero-order valence-corrected chi connectivity index (χ0v) is 8.78. The van der Waals surface area contributed by atoms with Crippen LogP contribution in [-0.2, 0) is 0 Å². The van der Waals surface area contributed by atoms with Crippen LogP contribution in [0.3, 0.4) is 0 Å².